The molecular formula is C20H26N4O2. The van der Waals surface area contributed by atoms with Crippen LogP contribution in [0.3, 0.4) is 0 Å². The van der Waals surface area contributed by atoms with Crippen molar-refractivity contribution in [1.82, 2.24) is 4.98 Å². The molecule has 0 radical (unpaired) electrons. The summed E-state index contributed by atoms with van der Waals surface area (Å²) in [5, 5.41) is 17.9. The number of aryl methyl sites for hydroxylation is 2. The van der Waals surface area contributed by atoms with Gasteiger partial charge in [-0.25, -0.2) is 4.98 Å². The van der Waals surface area contributed by atoms with Gasteiger partial charge in [0.15, 0.2) is 0 Å². The minimum absolute atomic E-state index is 0.160. The Morgan fingerprint density at radius 2 is 2.04 bits per heavy atom. The minimum Gasteiger partial charge on any atom is -0.396 e. The van der Waals surface area contributed by atoms with E-state index in [9.17, 15) is 0 Å². The van der Waals surface area contributed by atoms with Crippen LogP contribution in [0, 0.1) is 6.92 Å². The van der Waals surface area contributed by atoms with Gasteiger partial charge in [-0.1, -0.05) is 29.8 Å². The van der Waals surface area contributed by atoms with Gasteiger partial charge in [-0.05, 0) is 31.4 Å². The van der Waals surface area contributed by atoms with Gasteiger partial charge in [-0.3, -0.25) is 0 Å². The molecule has 6 heteroatoms. The molecule has 0 spiro atoms. The van der Waals surface area contributed by atoms with E-state index in [1.54, 1.807) is 0 Å². The van der Waals surface area contributed by atoms with E-state index in [1.165, 1.54) is 5.56 Å². The summed E-state index contributed by atoms with van der Waals surface area (Å²) in [6.45, 7) is 5.88. The average molecular weight is 354 g/mol. The predicted molar refractivity (Wildman–Crippen MR) is 102 cm³/mol. The van der Waals surface area contributed by atoms with Crippen molar-refractivity contribution in [1.29, 1.82) is 0 Å². The summed E-state index contributed by atoms with van der Waals surface area (Å²) in [4.78, 5) is 6.94. The standard InChI is InChI=1S/C20H26N4O2/c1-16-4-2-5-17(12-16)15-21-23-19-13-18(6-3-9-25)22-20(14-19)24-7-10-26-11-8-24/h2,4-5,12-14,25H,3,6-11,15H2,1H3. The summed E-state index contributed by atoms with van der Waals surface area (Å²) in [5.74, 6) is 0.910. The number of rotatable bonds is 7. The third-order valence-corrected chi connectivity index (χ3v) is 4.30. The van der Waals surface area contributed by atoms with Crippen LogP contribution < -0.4 is 4.90 Å². The minimum atomic E-state index is 0.160. The highest BCUT2D eigenvalue weighted by Crippen LogP contribution is 2.23. The van der Waals surface area contributed by atoms with Gasteiger partial charge in [0.2, 0.25) is 0 Å². The summed E-state index contributed by atoms with van der Waals surface area (Å²) >= 11 is 0. The molecule has 1 aromatic carbocycles. The summed E-state index contributed by atoms with van der Waals surface area (Å²) in [6.07, 6.45) is 1.43. The van der Waals surface area contributed by atoms with Crippen molar-refractivity contribution in [2.45, 2.75) is 26.3 Å². The SMILES string of the molecule is Cc1cccc(CN=Nc2cc(CCCO)nc(N3CCOCC3)c2)c1. The Kier molecular flexibility index (Phi) is 6.68. The normalized spacial score (nSPS) is 14.9. The number of pyridine rings is 1. The molecule has 1 saturated heterocycles. The van der Waals surface area contributed by atoms with Gasteiger partial charge in [0.25, 0.3) is 0 Å². The molecule has 26 heavy (non-hydrogen) atoms. The fourth-order valence-electron chi connectivity index (χ4n) is 2.97. The Labute approximate surface area is 154 Å². The summed E-state index contributed by atoms with van der Waals surface area (Å²) in [6, 6.07) is 12.2. The molecule has 2 aromatic rings. The molecular weight excluding hydrogens is 328 g/mol. The van der Waals surface area contributed by atoms with Gasteiger partial charge in [0.1, 0.15) is 5.82 Å². The first-order chi connectivity index (χ1) is 12.7. The quantitative estimate of drug-likeness (QED) is 0.773. The molecule has 0 aliphatic carbocycles. The average Bonchev–Trinajstić information content (AvgIpc) is 2.67. The van der Waals surface area contributed by atoms with Crippen molar-refractivity contribution in [2.75, 3.05) is 37.8 Å². The molecule has 2 heterocycles. The highest BCUT2D eigenvalue weighted by atomic mass is 16.5. The summed E-state index contributed by atoms with van der Waals surface area (Å²) in [7, 11) is 0. The number of hydrogen-bond donors (Lipinski definition) is 1. The van der Waals surface area contributed by atoms with E-state index >= 15 is 0 Å². The molecule has 1 aliphatic heterocycles. The topological polar surface area (TPSA) is 70.3 Å². The lowest BCUT2D eigenvalue weighted by Gasteiger charge is -2.28. The highest BCUT2D eigenvalue weighted by molar-refractivity contribution is 5.51. The van der Waals surface area contributed by atoms with E-state index in [0.717, 1.165) is 42.3 Å². The molecule has 138 valence electrons. The third kappa shape index (κ3) is 5.34. The number of anilines is 1. The molecule has 1 aliphatic rings. The second-order valence-corrected chi connectivity index (χ2v) is 6.49. The zero-order valence-corrected chi connectivity index (χ0v) is 15.3. The van der Waals surface area contributed by atoms with Crippen molar-refractivity contribution in [3.8, 4) is 0 Å². The van der Waals surface area contributed by atoms with E-state index in [-0.39, 0.29) is 6.61 Å². The van der Waals surface area contributed by atoms with E-state index < -0.39 is 0 Å². The Morgan fingerprint density at radius 3 is 2.81 bits per heavy atom. The van der Waals surface area contributed by atoms with Gasteiger partial charge >= 0.3 is 0 Å². The van der Waals surface area contributed by atoms with Gasteiger partial charge in [-0.15, -0.1) is 0 Å². The van der Waals surface area contributed by atoms with Crippen LogP contribution in [0.1, 0.15) is 23.2 Å². The first kappa shape index (κ1) is 18.5. The first-order valence-electron chi connectivity index (χ1n) is 9.12. The number of aliphatic hydroxyl groups is 1. The Morgan fingerprint density at radius 1 is 1.19 bits per heavy atom. The van der Waals surface area contributed by atoms with Crippen molar-refractivity contribution < 1.29 is 9.84 Å². The van der Waals surface area contributed by atoms with Gasteiger partial charge < -0.3 is 14.7 Å². The smallest absolute Gasteiger partial charge is 0.131 e. The molecule has 0 atom stereocenters. The van der Waals surface area contributed by atoms with E-state index in [0.29, 0.717) is 26.2 Å². The van der Waals surface area contributed by atoms with Crippen molar-refractivity contribution in [3.05, 3.63) is 53.2 Å². The molecule has 0 saturated carbocycles. The maximum absolute atomic E-state index is 9.11. The van der Waals surface area contributed by atoms with E-state index in [4.69, 9.17) is 14.8 Å². The number of aromatic nitrogens is 1. The first-order valence-corrected chi connectivity index (χ1v) is 9.12. The summed E-state index contributed by atoms with van der Waals surface area (Å²) in [5.41, 5.74) is 4.12. The number of azo groups is 1. The Bertz CT molecular complexity index is 742. The number of hydrogen-bond acceptors (Lipinski definition) is 6. The fourth-order valence-corrected chi connectivity index (χ4v) is 2.97. The fraction of sp³-hybridized carbons (Fsp3) is 0.450. The second-order valence-electron chi connectivity index (χ2n) is 6.49. The maximum atomic E-state index is 9.11. The number of ether oxygens (including phenoxy) is 1. The van der Waals surface area contributed by atoms with Crippen molar-refractivity contribution in [2.24, 2.45) is 10.2 Å². The molecule has 1 aromatic heterocycles. The molecule has 1 N–H and O–H groups in total. The van der Waals surface area contributed by atoms with Crippen LogP contribution in [0.2, 0.25) is 0 Å². The number of benzene rings is 1. The monoisotopic (exact) mass is 354 g/mol. The van der Waals surface area contributed by atoms with Crippen LogP contribution in [0.4, 0.5) is 11.5 Å². The second kappa shape index (κ2) is 9.40. The third-order valence-electron chi connectivity index (χ3n) is 4.30. The predicted octanol–water partition coefficient (Wildman–Crippen LogP) is 3.44. The molecule has 0 bridgehead atoms. The van der Waals surface area contributed by atoms with Crippen LogP contribution in [-0.2, 0) is 17.7 Å². The zero-order chi connectivity index (χ0) is 18.2. The lowest BCUT2D eigenvalue weighted by Crippen LogP contribution is -2.36. The maximum Gasteiger partial charge on any atom is 0.131 e. The van der Waals surface area contributed by atoms with Crippen LogP contribution >= 0.6 is 0 Å². The van der Waals surface area contributed by atoms with Crippen LogP contribution in [0.5, 0.6) is 0 Å². The van der Waals surface area contributed by atoms with Crippen molar-refractivity contribution in [3.63, 3.8) is 0 Å². The molecule has 0 unspecified atom stereocenters. The lowest BCUT2D eigenvalue weighted by atomic mass is 10.1. The van der Waals surface area contributed by atoms with Crippen molar-refractivity contribution >= 4 is 11.5 Å². The van der Waals surface area contributed by atoms with Gasteiger partial charge in [-0.2, -0.15) is 10.2 Å². The molecule has 6 nitrogen and oxygen atoms in total. The van der Waals surface area contributed by atoms with Crippen LogP contribution in [-0.4, -0.2) is 43.0 Å². The number of aliphatic hydroxyl groups excluding tert-OH is 1. The lowest BCUT2D eigenvalue weighted by molar-refractivity contribution is 0.122. The molecule has 3 rings (SSSR count). The number of morpholine rings is 1. The molecule has 0 amide bonds. The van der Waals surface area contributed by atoms with Gasteiger partial charge in [0.05, 0.1) is 25.4 Å². The Hall–Kier alpha value is -2.31. The largest absolute Gasteiger partial charge is 0.396 e. The Balaban J connectivity index is 1.76. The van der Waals surface area contributed by atoms with Gasteiger partial charge in [0, 0.05) is 31.5 Å². The van der Waals surface area contributed by atoms with Crippen LogP contribution in [0.25, 0.3) is 0 Å². The zero-order valence-electron chi connectivity index (χ0n) is 15.3. The highest BCUT2D eigenvalue weighted by Gasteiger charge is 2.14. The molecule has 1 fully saturated rings. The number of nitrogens with zero attached hydrogens (tertiary/aromatic N) is 4. The van der Waals surface area contributed by atoms with E-state index in [2.05, 4.69) is 40.3 Å². The van der Waals surface area contributed by atoms with Crippen LogP contribution in [0.15, 0.2) is 46.6 Å². The van der Waals surface area contributed by atoms with E-state index in [1.807, 2.05) is 18.2 Å². The summed E-state index contributed by atoms with van der Waals surface area (Å²) < 4.78 is 5.43.